The fraction of sp³-hybridized carbons (Fsp3) is 0.222. The Morgan fingerprint density at radius 1 is 1.56 bits per heavy atom. The second-order valence-electron chi connectivity index (χ2n) is 3.35. The van der Waals surface area contributed by atoms with Gasteiger partial charge in [0.1, 0.15) is 10.7 Å². The normalized spacial score (nSPS) is 11.9. The van der Waals surface area contributed by atoms with Gasteiger partial charge in [0.2, 0.25) is 10.0 Å². The van der Waals surface area contributed by atoms with E-state index in [1.54, 1.807) is 11.7 Å². The van der Waals surface area contributed by atoms with E-state index >= 15 is 0 Å². The number of nitrogens with two attached hydrogens (primary N) is 1. The summed E-state index contributed by atoms with van der Waals surface area (Å²) >= 11 is 4.44. The minimum atomic E-state index is -3.62. The molecule has 2 aromatic rings. The first kappa shape index (κ1) is 13.7. The summed E-state index contributed by atoms with van der Waals surface area (Å²) in [5.74, 6) is 0.403. The van der Waals surface area contributed by atoms with Crippen LogP contribution in [0.2, 0.25) is 0 Å². The van der Waals surface area contributed by atoms with Crippen LogP contribution in [0.15, 0.2) is 31.8 Å². The lowest BCUT2D eigenvalue weighted by molar-refractivity contribution is 0.483. The predicted molar refractivity (Wildman–Crippen MR) is 70.4 cm³/mol. The van der Waals surface area contributed by atoms with E-state index in [0.717, 1.165) is 4.88 Å². The molecule has 0 aliphatic carbocycles. The molecule has 6 nitrogen and oxygen atoms in total. The third kappa shape index (κ3) is 2.98. The van der Waals surface area contributed by atoms with Gasteiger partial charge >= 0.3 is 0 Å². The Hall–Kier alpha value is -0.740. The van der Waals surface area contributed by atoms with E-state index in [0.29, 0.717) is 5.76 Å². The van der Waals surface area contributed by atoms with Crippen LogP contribution in [-0.4, -0.2) is 13.4 Å². The van der Waals surface area contributed by atoms with Crippen molar-refractivity contribution in [1.29, 1.82) is 0 Å². The molecule has 0 bridgehead atoms. The number of furan rings is 1. The first-order valence-electron chi connectivity index (χ1n) is 4.88. The van der Waals surface area contributed by atoms with Crippen LogP contribution in [0.1, 0.15) is 10.6 Å². The van der Waals surface area contributed by atoms with E-state index in [2.05, 4.69) is 25.6 Å². The van der Waals surface area contributed by atoms with E-state index in [1.165, 1.54) is 17.4 Å². The number of halogens is 1. The number of rotatable bonds is 5. The van der Waals surface area contributed by atoms with Crippen LogP contribution in [0.25, 0.3) is 0 Å². The minimum absolute atomic E-state index is 0.0486. The largest absolute Gasteiger partial charge is 0.452 e. The summed E-state index contributed by atoms with van der Waals surface area (Å²) < 4.78 is 31.8. The van der Waals surface area contributed by atoms with Gasteiger partial charge < -0.3 is 10.2 Å². The molecule has 18 heavy (non-hydrogen) atoms. The molecule has 0 aliphatic rings. The van der Waals surface area contributed by atoms with Crippen molar-refractivity contribution >= 4 is 37.3 Å². The standard InChI is InChI=1S/C9H10BrN3O3S2/c10-9-8(1-6(2-11)16-9)18(14,15)13-4-7-3-12-5-17-7/h1,3,5,13H,2,4,11H2. The van der Waals surface area contributed by atoms with E-state index in [4.69, 9.17) is 10.2 Å². The highest BCUT2D eigenvalue weighted by Gasteiger charge is 2.22. The van der Waals surface area contributed by atoms with Crippen molar-refractivity contribution in [2.45, 2.75) is 18.0 Å². The highest BCUT2D eigenvalue weighted by atomic mass is 79.9. The molecule has 0 aliphatic heterocycles. The number of hydrogen-bond acceptors (Lipinski definition) is 6. The van der Waals surface area contributed by atoms with Crippen molar-refractivity contribution < 1.29 is 12.8 Å². The average Bonchev–Trinajstić information content (AvgIpc) is 2.95. The summed E-state index contributed by atoms with van der Waals surface area (Å²) in [4.78, 5) is 4.75. The van der Waals surface area contributed by atoms with Gasteiger partial charge in [0, 0.05) is 23.7 Å². The monoisotopic (exact) mass is 351 g/mol. The molecule has 2 aromatic heterocycles. The Balaban J connectivity index is 2.17. The lowest BCUT2D eigenvalue weighted by atomic mass is 10.5. The predicted octanol–water partition coefficient (Wildman–Crippen LogP) is 1.44. The summed E-state index contributed by atoms with van der Waals surface area (Å²) in [7, 11) is -3.62. The number of sulfonamides is 1. The Labute approximate surface area is 116 Å². The molecule has 98 valence electrons. The fourth-order valence-electron chi connectivity index (χ4n) is 1.25. The van der Waals surface area contributed by atoms with E-state index in [-0.39, 0.29) is 22.7 Å². The molecular weight excluding hydrogens is 342 g/mol. The number of aromatic nitrogens is 1. The molecule has 3 N–H and O–H groups in total. The third-order valence-electron chi connectivity index (χ3n) is 2.12. The van der Waals surface area contributed by atoms with Crippen molar-refractivity contribution in [2.24, 2.45) is 5.73 Å². The minimum Gasteiger partial charge on any atom is -0.452 e. The van der Waals surface area contributed by atoms with E-state index in [1.807, 2.05) is 0 Å². The maximum absolute atomic E-state index is 12.0. The molecule has 0 saturated heterocycles. The summed E-state index contributed by atoms with van der Waals surface area (Å²) in [5.41, 5.74) is 7.03. The van der Waals surface area contributed by atoms with Gasteiger partial charge in [-0.25, -0.2) is 13.1 Å². The molecular formula is C9H10BrN3O3S2. The molecule has 9 heteroatoms. The highest BCUT2D eigenvalue weighted by molar-refractivity contribution is 9.10. The lowest BCUT2D eigenvalue weighted by Crippen LogP contribution is -2.22. The van der Waals surface area contributed by atoms with Crippen LogP contribution in [0.5, 0.6) is 0 Å². The highest BCUT2D eigenvalue weighted by Crippen LogP contribution is 2.26. The summed E-state index contributed by atoms with van der Waals surface area (Å²) in [6.45, 7) is 0.339. The summed E-state index contributed by atoms with van der Waals surface area (Å²) in [5, 5.41) is 0. The number of nitrogens with one attached hydrogen (secondary N) is 1. The SMILES string of the molecule is NCc1cc(S(=O)(=O)NCc2cncs2)c(Br)o1. The van der Waals surface area contributed by atoms with Crippen LogP contribution in [0, 0.1) is 0 Å². The zero-order chi connectivity index (χ0) is 13.2. The molecule has 2 rings (SSSR count). The van der Waals surface area contributed by atoms with Crippen molar-refractivity contribution in [2.75, 3.05) is 0 Å². The van der Waals surface area contributed by atoms with Gasteiger partial charge in [-0.2, -0.15) is 0 Å². The topological polar surface area (TPSA) is 98.2 Å². The maximum atomic E-state index is 12.0. The van der Waals surface area contributed by atoms with Gasteiger partial charge in [0.15, 0.2) is 4.67 Å². The van der Waals surface area contributed by atoms with E-state index < -0.39 is 10.0 Å². The fourth-order valence-corrected chi connectivity index (χ4v) is 3.88. The Bertz CT molecular complexity index is 622. The molecule has 0 spiro atoms. The summed E-state index contributed by atoms with van der Waals surface area (Å²) in [6.07, 6.45) is 1.61. The molecule has 0 atom stereocenters. The second kappa shape index (κ2) is 5.49. The summed E-state index contributed by atoms with van der Waals surface area (Å²) in [6, 6.07) is 1.40. The van der Waals surface area contributed by atoms with Crippen molar-refractivity contribution in [3.05, 3.63) is 33.1 Å². The van der Waals surface area contributed by atoms with Gasteiger partial charge in [-0.05, 0) is 15.9 Å². The molecule has 0 fully saturated rings. The first-order valence-corrected chi connectivity index (χ1v) is 8.04. The quantitative estimate of drug-likeness (QED) is 0.848. The molecule has 0 amide bonds. The van der Waals surface area contributed by atoms with Crippen LogP contribution >= 0.6 is 27.3 Å². The number of thiazole rings is 1. The zero-order valence-electron chi connectivity index (χ0n) is 9.09. The van der Waals surface area contributed by atoms with Crippen molar-refractivity contribution in [3.8, 4) is 0 Å². The maximum Gasteiger partial charge on any atom is 0.245 e. The third-order valence-corrected chi connectivity index (χ3v) is 5.15. The number of hydrogen-bond donors (Lipinski definition) is 2. The first-order chi connectivity index (χ1) is 8.53. The molecule has 2 heterocycles. The Kier molecular flexibility index (Phi) is 4.17. The van der Waals surface area contributed by atoms with Crippen molar-refractivity contribution in [3.63, 3.8) is 0 Å². The molecule has 0 unspecified atom stereocenters. The second-order valence-corrected chi connectivity index (χ2v) is 6.77. The molecule has 0 saturated carbocycles. The van der Waals surface area contributed by atoms with Gasteiger partial charge in [-0.15, -0.1) is 11.3 Å². The van der Waals surface area contributed by atoms with Crippen molar-refractivity contribution in [1.82, 2.24) is 9.71 Å². The van der Waals surface area contributed by atoms with E-state index in [9.17, 15) is 8.42 Å². The average molecular weight is 352 g/mol. The Morgan fingerprint density at radius 3 is 2.89 bits per heavy atom. The Morgan fingerprint density at radius 2 is 2.33 bits per heavy atom. The van der Waals surface area contributed by atoms with Crippen LogP contribution in [0.4, 0.5) is 0 Å². The number of nitrogens with zero attached hydrogens (tertiary/aromatic N) is 1. The zero-order valence-corrected chi connectivity index (χ0v) is 12.3. The van der Waals surface area contributed by atoms with Gasteiger partial charge in [-0.3, -0.25) is 4.98 Å². The van der Waals surface area contributed by atoms with Crippen LogP contribution < -0.4 is 10.5 Å². The van der Waals surface area contributed by atoms with Gasteiger partial charge in [-0.1, -0.05) is 0 Å². The van der Waals surface area contributed by atoms with Crippen LogP contribution in [-0.2, 0) is 23.1 Å². The van der Waals surface area contributed by atoms with Gasteiger partial charge in [0.05, 0.1) is 12.1 Å². The van der Waals surface area contributed by atoms with Crippen LogP contribution in [0.3, 0.4) is 0 Å². The molecule has 0 aromatic carbocycles. The smallest absolute Gasteiger partial charge is 0.245 e. The lowest BCUT2D eigenvalue weighted by Gasteiger charge is -2.02. The molecule has 0 radical (unpaired) electrons. The van der Waals surface area contributed by atoms with Gasteiger partial charge in [0.25, 0.3) is 0 Å².